The molecule has 0 saturated carbocycles. The zero-order valence-electron chi connectivity index (χ0n) is 20.5. The van der Waals surface area contributed by atoms with Crippen molar-refractivity contribution in [3.05, 3.63) is 90.0 Å². The molecule has 0 aliphatic rings. The van der Waals surface area contributed by atoms with Crippen molar-refractivity contribution in [2.24, 2.45) is 0 Å². The third-order valence-electron chi connectivity index (χ3n) is 5.75. The van der Waals surface area contributed by atoms with E-state index in [2.05, 4.69) is 25.4 Å². The summed E-state index contributed by atoms with van der Waals surface area (Å²) in [5.74, 6) is 1.71. The quantitative estimate of drug-likeness (QED) is 0.331. The summed E-state index contributed by atoms with van der Waals surface area (Å²) >= 11 is 0. The lowest BCUT2D eigenvalue weighted by molar-refractivity contribution is 0.102. The molecule has 2 aromatic carbocycles. The van der Waals surface area contributed by atoms with Crippen molar-refractivity contribution in [2.45, 2.75) is 13.5 Å². The van der Waals surface area contributed by atoms with Crippen molar-refractivity contribution >= 4 is 22.6 Å². The highest BCUT2D eigenvalue weighted by Crippen LogP contribution is 2.27. The van der Waals surface area contributed by atoms with Gasteiger partial charge in [-0.2, -0.15) is 5.10 Å². The molecule has 3 heterocycles. The summed E-state index contributed by atoms with van der Waals surface area (Å²) in [5, 5.41) is 8.15. The van der Waals surface area contributed by atoms with E-state index < -0.39 is 0 Å². The van der Waals surface area contributed by atoms with Crippen LogP contribution in [-0.4, -0.2) is 44.9 Å². The van der Waals surface area contributed by atoms with Crippen molar-refractivity contribution < 1.29 is 19.0 Å². The van der Waals surface area contributed by atoms with Crippen LogP contribution in [0.15, 0.2) is 73.3 Å². The van der Waals surface area contributed by atoms with Crippen LogP contribution in [0.4, 0.5) is 5.69 Å². The monoisotopic (exact) mass is 496 g/mol. The van der Waals surface area contributed by atoms with Crippen LogP contribution in [0, 0.1) is 6.92 Å². The van der Waals surface area contributed by atoms with Crippen molar-refractivity contribution in [3.63, 3.8) is 0 Å². The molecule has 1 amide bonds. The van der Waals surface area contributed by atoms with E-state index in [0.717, 1.165) is 16.5 Å². The number of aryl methyl sites for hydroxylation is 1. The van der Waals surface area contributed by atoms with Crippen LogP contribution in [-0.2, 0) is 6.54 Å². The van der Waals surface area contributed by atoms with Gasteiger partial charge >= 0.3 is 6.01 Å². The number of carbonyl (C=O) groups excluding carboxylic acids is 1. The number of fused-ring (bicyclic) bond motifs is 1. The van der Waals surface area contributed by atoms with E-state index in [1.165, 1.54) is 0 Å². The van der Waals surface area contributed by atoms with Gasteiger partial charge in [0.2, 0.25) is 0 Å². The summed E-state index contributed by atoms with van der Waals surface area (Å²) in [6, 6.07) is 14.7. The molecule has 5 aromatic rings. The molecule has 0 aliphatic carbocycles. The maximum atomic E-state index is 13.0. The fraction of sp³-hybridized carbons (Fsp3) is 0.148. The number of ether oxygens (including phenoxy) is 3. The summed E-state index contributed by atoms with van der Waals surface area (Å²) in [4.78, 5) is 25.6. The molecule has 0 saturated heterocycles. The molecule has 0 atom stereocenters. The number of hydrogen-bond acceptors (Lipinski definition) is 8. The second-order valence-corrected chi connectivity index (χ2v) is 8.18. The molecule has 37 heavy (non-hydrogen) atoms. The molecule has 0 spiro atoms. The number of nitrogens with zero attached hydrogens (tertiary/aromatic N) is 5. The van der Waals surface area contributed by atoms with Crippen LogP contribution in [0.25, 0.3) is 11.0 Å². The number of hydrogen-bond donors (Lipinski definition) is 1. The molecule has 0 aliphatic heterocycles. The van der Waals surface area contributed by atoms with Crippen LogP contribution in [0.3, 0.4) is 0 Å². The minimum absolute atomic E-state index is 0.254. The lowest BCUT2D eigenvalue weighted by Gasteiger charge is -2.11. The lowest BCUT2D eigenvalue weighted by atomic mass is 10.1. The molecule has 1 N–H and O–H groups in total. The summed E-state index contributed by atoms with van der Waals surface area (Å²) in [5.41, 5.74) is 3.51. The molecule has 3 aromatic heterocycles. The fourth-order valence-electron chi connectivity index (χ4n) is 3.83. The van der Waals surface area contributed by atoms with Gasteiger partial charge in [0.05, 0.1) is 32.5 Å². The molecule has 0 fully saturated rings. The van der Waals surface area contributed by atoms with E-state index in [4.69, 9.17) is 14.2 Å². The first-order valence-electron chi connectivity index (χ1n) is 11.4. The minimum atomic E-state index is -0.276. The van der Waals surface area contributed by atoms with E-state index in [-0.39, 0.29) is 11.9 Å². The second-order valence-electron chi connectivity index (χ2n) is 8.18. The van der Waals surface area contributed by atoms with Gasteiger partial charge in [-0.15, -0.1) is 0 Å². The standard InChI is InChI=1S/C27H24N6O4/c1-17-11-22(37-27-28-9-4-10-29-27)7-8-23(17)32-26(34)20-12-19-15-31-33(25(19)30-14-20)16-18-5-6-21(35-2)13-24(18)36-3/h4-15H,16H2,1-3H3,(H,32,34). The second kappa shape index (κ2) is 10.3. The van der Waals surface area contributed by atoms with Crippen LogP contribution in [0.5, 0.6) is 23.3 Å². The predicted molar refractivity (Wildman–Crippen MR) is 137 cm³/mol. The fourth-order valence-corrected chi connectivity index (χ4v) is 3.83. The van der Waals surface area contributed by atoms with E-state index >= 15 is 0 Å². The van der Waals surface area contributed by atoms with Crippen LogP contribution < -0.4 is 19.5 Å². The normalized spacial score (nSPS) is 10.8. The van der Waals surface area contributed by atoms with Crippen molar-refractivity contribution in [2.75, 3.05) is 19.5 Å². The van der Waals surface area contributed by atoms with Crippen molar-refractivity contribution in [1.29, 1.82) is 0 Å². The van der Waals surface area contributed by atoms with Crippen molar-refractivity contribution in [1.82, 2.24) is 24.7 Å². The smallest absolute Gasteiger partial charge is 0.321 e. The summed E-state index contributed by atoms with van der Waals surface area (Å²) in [6.07, 6.45) is 6.45. The molecule has 10 heteroatoms. The Labute approximate surface area is 212 Å². The van der Waals surface area contributed by atoms with E-state index in [1.54, 1.807) is 68.0 Å². The van der Waals surface area contributed by atoms with Gasteiger partial charge in [-0.25, -0.2) is 19.6 Å². The zero-order valence-corrected chi connectivity index (χ0v) is 20.5. The lowest BCUT2D eigenvalue weighted by Crippen LogP contribution is -2.13. The number of nitrogens with one attached hydrogen (secondary N) is 1. The number of aromatic nitrogens is 5. The molecule has 186 valence electrons. The molecule has 0 unspecified atom stereocenters. The highest BCUT2D eigenvalue weighted by atomic mass is 16.5. The van der Waals surface area contributed by atoms with E-state index in [9.17, 15) is 4.79 Å². The van der Waals surface area contributed by atoms with E-state index in [0.29, 0.717) is 40.7 Å². The predicted octanol–water partition coefficient (Wildman–Crippen LogP) is 4.64. The summed E-state index contributed by atoms with van der Waals surface area (Å²) < 4.78 is 18.2. The minimum Gasteiger partial charge on any atom is -0.497 e. The van der Waals surface area contributed by atoms with Crippen LogP contribution >= 0.6 is 0 Å². The Morgan fingerprint density at radius 2 is 1.76 bits per heavy atom. The van der Waals surface area contributed by atoms with Crippen LogP contribution in [0.1, 0.15) is 21.5 Å². The van der Waals surface area contributed by atoms with Gasteiger partial charge in [0.25, 0.3) is 5.91 Å². The highest BCUT2D eigenvalue weighted by Gasteiger charge is 2.14. The third-order valence-corrected chi connectivity index (χ3v) is 5.75. The van der Waals surface area contributed by atoms with Crippen molar-refractivity contribution in [3.8, 4) is 23.3 Å². The van der Waals surface area contributed by atoms with Gasteiger partial charge in [0, 0.05) is 41.3 Å². The Hall–Kier alpha value is -4.99. The number of methoxy groups -OCH3 is 2. The van der Waals surface area contributed by atoms with Gasteiger partial charge in [-0.3, -0.25) is 4.79 Å². The maximum Gasteiger partial charge on any atom is 0.321 e. The van der Waals surface area contributed by atoms with Gasteiger partial charge in [0.15, 0.2) is 5.65 Å². The molecular weight excluding hydrogens is 472 g/mol. The Morgan fingerprint density at radius 1 is 0.946 bits per heavy atom. The Morgan fingerprint density at radius 3 is 2.51 bits per heavy atom. The van der Waals surface area contributed by atoms with Gasteiger partial charge in [0.1, 0.15) is 17.2 Å². The van der Waals surface area contributed by atoms with Gasteiger partial charge in [-0.05, 0) is 55.0 Å². The molecule has 0 radical (unpaired) electrons. The van der Waals surface area contributed by atoms with Gasteiger partial charge < -0.3 is 19.5 Å². The maximum absolute atomic E-state index is 13.0. The largest absolute Gasteiger partial charge is 0.497 e. The first kappa shape index (κ1) is 23.7. The number of pyridine rings is 1. The first-order valence-corrected chi connectivity index (χ1v) is 11.4. The third kappa shape index (κ3) is 5.18. The topological polar surface area (TPSA) is 113 Å². The number of rotatable bonds is 8. The Bertz CT molecular complexity index is 1570. The number of carbonyl (C=O) groups is 1. The number of anilines is 1. The number of benzene rings is 2. The Kier molecular flexibility index (Phi) is 6.62. The summed E-state index contributed by atoms with van der Waals surface area (Å²) in [7, 11) is 3.22. The molecule has 5 rings (SSSR count). The molecule has 0 bridgehead atoms. The first-order chi connectivity index (χ1) is 18.0. The summed E-state index contributed by atoms with van der Waals surface area (Å²) in [6.45, 7) is 2.34. The van der Waals surface area contributed by atoms with Gasteiger partial charge in [-0.1, -0.05) is 0 Å². The van der Waals surface area contributed by atoms with Crippen LogP contribution in [0.2, 0.25) is 0 Å². The zero-order chi connectivity index (χ0) is 25.8. The Balaban J connectivity index is 1.31. The number of amides is 1. The average Bonchev–Trinajstić information content (AvgIpc) is 3.33. The highest BCUT2D eigenvalue weighted by molar-refractivity contribution is 6.06. The average molecular weight is 497 g/mol. The SMILES string of the molecule is COc1ccc(Cn2ncc3cc(C(=O)Nc4ccc(Oc5ncccn5)cc4C)cnc32)c(OC)c1. The molecular formula is C27H24N6O4. The molecule has 10 nitrogen and oxygen atoms in total. The van der Waals surface area contributed by atoms with E-state index in [1.807, 2.05) is 31.2 Å².